The molecule has 32 heavy (non-hydrogen) atoms. The number of likely N-dealkylation sites (tertiary alicyclic amines) is 1. The van der Waals surface area contributed by atoms with E-state index in [1.54, 1.807) is 4.90 Å². The number of hydrogen-bond donors (Lipinski definition) is 1. The number of aliphatic carboxylic acids is 1. The van der Waals surface area contributed by atoms with Crippen LogP contribution in [-0.2, 0) is 16.0 Å². The van der Waals surface area contributed by atoms with Gasteiger partial charge >= 0.3 is 5.97 Å². The van der Waals surface area contributed by atoms with Crippen LogP contribution in [-0.4, -0.2) is 34.5 Å². The highest BCUT2D eigenvalue weighted by molar-refractivity contribution is 5.89. The highest BCUT2D eigenvalue weighted by Crippen LogP contribution is 2.52. The predicted octanol–water partition coefficient (Wildman–Crippen LogP) is 6.53. The summed E-state index contributed by atoms with van der Waals surface area (Å²) in [4.78, 5) is 28.0. The molecule has 2 rings (SSSR count). The van der Waals surface area contributed by atoms with Crippen LogP contribution in [0.1, 0.15) is 97.6 Å². The third-order valence-electron chi connectivity index (χ3n) is 7.90. The molecule has 0 aromatic heterocycles. The first-order chi connectivity index (χ1) is 15.1. The summed E-state index contributed by atoms with van der Waals surface area (Å²) in [5.41, 5.74) is 1.87. The topological polar surface area (TPSA) is 57.6 Å². The molecule has 0 aliphatic carbocycles. The molecule has 1 fully saturated rings. The van der Waals surface area contributed by atoms with E-state index in [0.29, 0.717) is 12.5 Å². The second-order valence-electron chi connectivity index (χ2n) is 10.6. The van der Waals surface area contributed by atoms with Crippen molar-refractivity contribution in [3.8, 4) is 0 Å². The average molecular weight is 444 g/mol. The molecule has 1 aliphatic heterocycles. The number of benzene rings is 1. The van der Waals surface area contributed by atoms with Gasteiger partial charge in [-0.05, 0) is 48.6 Å². The minimum Gasteiger partial charge on any atom is -0.480 e. The van der Waals surface area contributed by atoms with E-state index in [1.807, 2.05) is 19.1 Å². The third-order valence-corrected chi connectivity index (χ3v) is 7.90. The number of carbonyl (C=O) groups is 2. The van der Waals surface area contributed by atoms with Crippen LogP contribution < -0.4 is 0 Å². The zero-order valence-electron chi connectivity index (χ0n) is 21.4. The Morgan fingerprint density at radius 2 is 1.53 bits per heavy atom. The quantitative estimate of drug-likeness (QED) is 0.423. The minimum absolute atomic E-state index is 0.0525. The third kappa shape index (κ3) is 5.38. The number of nitrogens with zero attached hydrogens (tertiary/aromatic N) is 1. The Bertz CT molecular complexity index is 742. The van der Waals surface area contributed by atoms with Crippen LogP contribution in [0.5, 0.6) is 0 Å². The molecule has 1 aliphatic rings. The number of hydrogen-bond acceptors (Lipinski definition) is 2. The lowest BCUT2D eigenvalue weighted by molar-refractivity contribution is -0.155. The predicted molar refractivity (Wildman–Crippen MR) is 132 cm³/mol. The molecule has 4 nitrogen and oxygen atoms in total. The minimum atomic E-state index is -0.846. The summed E-state index contributed by atoms with van der Waals surface area (Å²) in [6.07, 6.45) is 5.84. The zero-order valence-corrected chi connectivity index (χ0v) is 21.4. The van der Waals surface area contributed by atoms with Gasteiger partial charge in [-0.15, -0.1) is 0 Å². The molecule has 0 saturated carbocycles. The Morgan fingerprint density at radius 3 is 1.97 bits per heavy atom. The molecular weight excluding hydrogens is 398 g/mol. The molecule has 0 spiro atoms. The van der Waals surface area contributed by atoms with Gasteiger partial charge in [-0.1, -0.05) is 91.5 Å². The molecule has 3 unspecified atom stereocenters. The lowest BCUT2D eigenvalue weighted by atomic mass is 9.60. The van der Waals surface area contributed by atoms with E-state index in [1.165, 1.54) is 5.56 Å². The molecule has 1 heterocycles. The van der Waals surface area contributed by atoms with Crippen LogP contribution in [0.4, 0.5) is 0 Å². The fourth-order valence-corrected chi connectivity index (χ4v) is 6.20. The maximum Gasteiger partial charge on any atom is 0.327 e. The standard InChI is InChI=1S/C28H45NO3/c1-8-10-20(5)28(21(6)11-9-2)16-17-29(25(28)27(31)32)26(30)22(7)24-14-12-23(13-15-24)18-19(3)4/h12-15,19-22,25H,8-11,16-18H2,1-7H3,(H,31,32)/t20?,21?,22?,25-,28?/m1/s1. The summed E-state index contributed by atoms with van der Waals surface area (Å²) in [6.45, 7) is 15.6. The van der Waals surface area contributed by atoms with E-state index >= 15 is 0 Å². The lowest BCUT2D eigenvalue weighted by Gasteiger charge is -2.45. The molecule has 1 saturated heterocycles. The smallest absolute Gasteiger partial charge is 0.327 e. The van der Waals surface area contributed by atoms with Crippen LogP contribution in [0.15, 0.2) is 24.3 Å². The van der Waals surface area contributed by atoms with Crippen molar-refractivity contribution in [2.75, 3.05) is 6.54 Å². The monoisotopic (exact) mass is 443 g/mol. The maximum absolute atomic E-state index is 13.6. The van der Waals surface area contributed by atoms with Crippen LogP contribution in [0, 0.1) is 23.2 Å². The van der Waals surface area contributed by atoms with Gasteiger partial charge in [0.05, 0.1) is 5.92 Å². The molecular formula is C28H45NO3. The van der Waals surface area contributed by atoms with Crippen molar-refractivity contribution in [2.45, 2.75) is 99.0 Å². The fourth-order valence-electron chi connectivity index (χ4n) is 6.20. The molecule has 0 bridgehead atoms. The summed E-state index contributed by atoms with van der Waals surface area (Å²) in [5, 5.41) is 10.4. The lowest BCUT2D eigenvalue weighted by Crippen LogP contribution is -2.54. The molecule has 1 N–H and O–H groups in total. The van der Waals surface area contributed by atoms with Gasteiger partial charge in [0, 0.05) is 12.0 Å². The number of carbonyl (C=O) groups excluding carboxylic acids is 1. The first kappa shape index (κ1) is 26.4. The average Bonchev–Trinajstić information content (AvgIpc) is 3.15. The number of rotatable bonds is 11. The van der Waals surface area contributed by atoms with Gasteiger partial charge in [0.25, 0.3) is 0 Å². The summed E-state index contributed by atoms with van der Waals surface area (Å²) >= 11 is 0. The van der Waals surface area contributed by atoms with Gasteiger partial charge < -0.3 is 10.0 Å². The van der Waals surface area contributed by atoms with E-state index in [-0.39, 0.29) is 29.1 Å². The second-order valence-corrected chi connectivity index (χ2v) is 10.6. The van der Waals surface area contributed by atoms with Crippen molar-refractivity contribution in [1.29, 1.82) is 0 Å². The Balaban J connectivity index is 2.35. The van der Waals surface area contributed by atoms with Crippen LogP contribution in [0.2, 0.25) is 0 Å². The Hall–Kier alpha value is -1.84. The molecule has 4 heteroatoms. The van der Waals surface area contributed by atoms with Gasteiger partial charge in [-0.3, -0.25) is 4.79 Å². The van der Waals surface area contributed by atoms with Crippen LogP contribution >= 0.6 is 0 Å². The van der Waals surface area contributed by atoms with Crippen molar-refractivity contribution in [2.24, 2.45) is 23.2 Å². The zero-order chi connectivity index (χ0) is 24.1. The van der Waals surface area contributed by atoms with Crippen LogP contribution in [0.3, 0.4) is 0 Å². The second kappa shape index (κ2) is 11.3. The van der Waals surface area contributed by atoms with Crippen molar-refractivity contribution in [3.63, 3.8) is 0 Å². The summed E-state index contributed by atoms with van der Waals surface area (Å²) in [7, 11) is 0. The van der Waals surface area contributed by atoms with Gasteiger partial charge in [-0.2, -0.15) is 0 Å². The highest BCUT2D eigenvalue weighted by atomic mass is 16.4. The summed E-state index contributed by atoms with van der Waals surface area (Å²) in [5.74, 6) is -0.130. The molecule has 180 valence electrons. The number of carboxylic acids is 1. The molecule has 0 radical (unpaired) electrons. The first-order valence-electron chi connectivity index (χ1n) is 12.7. The van der Waals surface area contributed by atoms with E-state index < -0.39 is 12.0 Å². The molecule has 1 amide bonds. The van der Waals surface area contributed by atoms with Crippen molar-refractivity contribution < 1.29 is 14.7 Å². The first-order valence-corrected chi connectivity index (χ1v) is 12.7. The van der Waals surface area contributed by atoms with E-state index in [2.05, 4.69) is 53.7 Å². The van der Waals surface area contributed by atoms with E-state index in [0.717, 1.165) is 44.1 Å². The normalized spacial score (nSPS) is 23.9. The van der Waals surface area contributed by atoms with Gasteiger partial charge in [0.15, 0.2) is 0 Å². The largest absolute Gasteiger partial charge is 0.480 e. The van der Waals surface area contributed by atoms with Crippen molar-refractivity contribution in [1.82, 2.24) is 4.90 Å². The maximum atomic E-state index is 13.6. The van der Waals surface area contributed by atoms with E-state index in [4.69, 9.17) is 0 Å². The van der Waals surface area contributed by atoms with Gasteiger partial charge in [0.1, 0.15) is 6.04 Å². The Morgan fingerprint density at radius 1 is 1.00 bits per heavy atom. The van der Waals surface area contributed by atoms with Gasteiger partial charge in [-0.25, -0.2) is 4.79 Å². The number of carboxylic acid groups (broad SMARTS) is 1. The highest BCUT2D eigenvalue weighted by Gasteiger charge is 2.57. The SMILES string of the molecule is CCCC(C)C1(C(C)CCC)CCN(C(=O)C(C)c2ccc(CC(C)C)cc2)[C@@H]1C(=O)O. The van der Waals surface area contributed by atoms with E-state index in [9.17, 15) is 14.7 Å². The molecule has 4 atom stereocenters. The molecule has 1 aromatic carbocycles. The van der Waals surface area contributed by atoms with Gasteiger partial charge in [0.2, 0.25) is 5.91 Å². The fraction of sp³-hybridized carbons (Fsp3) is 0.714. The summed E-state index contributed by atoms with van der Waals surface area (Å²) < 4.78 is 0. The summed E-state index contributed by atoms with van der Waals surface area (Å²) in [6, 6.07) is 7.54. The van der Waals surface area contributed by atoms with Crippen LogP contribution in [0.25, 0.3) is 0 Å². The molecule has 1 aromatic rings. The Labute approximate surface area is 195 Å². The number of amides is 1. The van der Waals surface area contributed by atoms with Crippen molar-refractivity contribution in [3.05, 3.63) is 35.4 Å². The Kier molecular flexibility index (Phi) is 9.36. The van der Waals surface area contributed by atoms with Crippen molar-refractivity contribution >= 4 is 11.9 Å².